The molecule has 1 atom stereocenters. The number of aromatic nitrogens is 2. The molecular formula is C15H19N3S. The van der Waals surface area contributed by atoms with E-state index in [4.69, 9.17) is 0 Å². The topological polar surface area (TPSA) is 29.0 Å². The number of hydrogen-bond donors (Lipinski definition) is 0. The molecule has 2 aliphatic rings. The number of aryl methyl sites for hydroxylation is 1. The van der Waals surface area contributed by atoms with Gasteiger partial charge >= 0.3 is 0 Å². The minimum absolute atomic E-state index is 0.803. The second-order valence-corrected chi connectivity index (χ2v) is 7.01. The highest BCUT2D eigenvalue weighted by molar-refractivity contribution is 7.19. The molecule has 1 fully saturated rings. The minimum atomic E-state index is 0.803. The molecule has 100 valence electrons. The van der Waals surface area contributed by atoms with Crippen LogP contribution in [-0.4, -0.2) is 23.1 Å². The van der Waals surface area contributed by atoms with Crippen molar-refractivity contribution in [1.29, 1.82) is 0 Å². The van der Waals surface area contributed by atoms with Crippen molar-refractivity contribution in [1.82, 2.24) is 9.97 Å². The highest BCUT2D eigenvalue weighted by atomic mass is 32.1. The van der Waals surface area contributed by atoms with Gasteiger partial charge in [-0.15, -0.1) is 11.3 Å². The van der Waals surface area contributed by atoms with Crippen LogP contribution in [0.3, 0.4) is 0 Å². The van der Waals surface area contributed by atoms with Crippen molar-refractivity contribution in [2.75, 3.05) is 18.0 Å². The molecule has 3 heterocycles. The number of anilines is 1. The zero-order chi connectivity index (χ0) is 12.8. The largest absolute Gasteiger partial charge is 0.356 e. The van der Waals surface area contributed by atoms with Gasteiger partial charge in [-0.05, 0) is 43.6 Å². The van der Waals surface area contributed by atoms with Gasteiger partial charge in [-0.1, -0.05) is 6.92 Å². The van der Waals surface area contributed by atoms with E-state index < -0.39 is 0 Å². The van der Waals surface area contributed by atoms with Crippen LogP contribution in [0.1, 0.15) is 36.6 Å². The lowest BCUT2D eigenvalue weighted by Gasteiger charge is -2.21. The van der Waals surface area contributed by atoms with Crippen molar-refractivity contribution >= 4 is 27.4 Å². The normalized spacial score (nSPS) is 23.0. The fraction of sp³-hybridized carbons (Fsp3) is 0.600. The summed E-state index contributed by atoms with van der Waals surface area (Å²) in [5.74, 6) is 2.01. The van der Waals surface area contributed by atoms with Gasteiger partial charge in [-0.25, -0.2) is 9.97 Å². The van der Waals surface area contributed by atoms with Crippen LogP contribution in [0.4, 0.5) is 5.82 Å². The van der Waals surface area contributed by atoms with E-state index in [1.54, 1.807) is 16.8 Å². The van der Waals surface area contributed by atoms with Gasteiger partial charge < -0.3 is 4.90 Å². The van der Waals surface area contributed by atoms with E-state index in [1.807, 2.05) is 11.3 Å². The Balaban J connectivity index is 1.91. The van der Waals surface area contributed by atoms with Crippen LogP contribution in [0.2, 0.25) is 0 Å². The van der Waals surface area contributed by atoms with Gasteiger partial charge in [-0.3, -0.25) is 0 Å². The monoisotopic (exact) mass is 273 g/mol. The lowest BCUT2D eigenvalue weighted by Crippen LogP contribution is -2.20. The van der Waals surface area contributed by atoms with Crippen LogP contribution in [0.25, 0.3) is 10.2 Å². The van der Waals surface area contributed by atoms with Crippen molar-refractivity contribution in [3.63, 3.8) is 0 Å². The van der Waals surface area contributed by atoms with Gasteiger partial charge in [0.1, 0.15) is 17.0 Å². The summed E-state index contributed by atoms with van der Waals surface area (Å²) < 4.78 is 0. The first kappa shape index (κ1) is 11.6. The van der Waals surface area contributed by atoms with Gasteiger partial charge in [0, 0.05) is 18.0 Å². The highest BCUT2D eigenvalue weighted by Crippen LogP contribution is 2.41. The van der Waals surface area contributed by atoms with E-state index in [-0.39, 0.29) is 0 Å². The van der Waals surface area contributed by atoms with E-state index in [0.717, 1.165) is 19.0 Å². The van der Waals surface area contributed by atoms with Gasteiger partial charge in [0.05, 0.1) is 5.39 Å². The minimum Gasteiger partial charge on any atom is -0.356 e. The standard InChI is InChI=1S/C15H19N3S/c1-10-4-5-12-11(8-10)13-14(18-6-2-3-7-18)16-9-17-15(13)19-12/h9-10H,2-8H2,1H3. The first-order valence-corrected chi connectivity index (χ1v) is 8.15. The maximum absolute atomic E-state index is 4.62. The molecule has 1 unspecified atom stereocenters. The molecule has 2 aromatic heterocycles. The summed E-state index contributed by atoms with van der Waals surface area (Å²) in [6.07, 6.45) is 8.12. The van der Waals surface area contributed by atoms with E-state index >= 15 is 0 Å². The average Bonchev–Trinajstić information content (AvgIpc) is 3.04. The van der Waals surface area contributed by atoms with Crippen molar-refractivity contribution in [3.8, 4) is 0 Å². The van der Waals surface area contributed by atoms with Crippen LogP contribution in [0.15, 0.2) is 6.33 Å². The molecule has 0 spiro atoms. The zero-order valence-electron chi connectivity index (χ0n) is 11.4. The molecular weight excluding hydrogens is 254 g/mol. The number of fused-ring (bicyclic) bond motifs is 3. The summed E-state index contributed by atoms with van der Waals surface area (Å²) >= 11 is 1.90. The molecule has 1 saturated heterocycles. The van der Waals surface area contributed by atoms with Crippen LogP contribution >= 0.6 is 11.3 Å². The molecule has 0 amide bonds. The highest BCUT2D eigenvalue weighted by Gasteiger charge is 2.25. The van der Waals surface area contributed by atoms with Gasteiger partial charge in [-0.2, -0.15) is 0 Å². The van der Waals surface area contributed by atoms with Crippen LogP contribution < -0.4 is 4.90 Å². The Morgan fingerprint density at radius 2 is 2.11 bits per heavy atom. The SMILES string of the molecule is CC1CCc2sc3ncnc(N4CCCC4)c3c2C1. The van der Waals surface area contributed by atoms with E-state index in [2.05, 4.69) is 21.8 Å². The third kappa shape index (κ3) is 1.84. The van der Waals surface area contributed by atoms with E-state index in [0.29, 0.717) is 0 Å². The van der Waals surface area contributed by atoms with E-state index in [9.17, 15) is 0 Å². The van der Waals surface area contributed by atoms with Crippen molar-refractivity contribution in [2.45, 2.75) is 39.0 Å². The van der Waals surface area contributed by atoms with Crippen molar-refractivity contribution in [2.24, 2.45) is 5.92 Å². The Labute approximate surface area is 117 Å². The molecule has 0 bridgehead atoms. The molecule has 19 heavy (non-hydrogen) atoms. The Morgan fingerprint density at radius 1 is 1.26 bits per heavy atom. The number of rotatable bonds is 1. The molecule has 0 saturated carbocycles. The first-order chi connectivity index (χ1) is 9.33. The van der Waals surface area contributed by atoms with Crippen molar-refractivity contribution in [3.05, 3.63) is 16.8 Å². The van der Waals surface area contributed by atoms with Gasteiger partial charge in [0.15, 0.2) is 0 Å². The predicted molar refractivity (Wildman–Crippen MR) is 80.1 cm³/mol. The second kappa shape index (κ2) is 4.44. The fourth-order valence-corrected chi connectivity index (χ4v) is 4.61. The van der Waals surface area contributed by atoms with Crippen LogP contribution in [-0.2, 0) is 12.8 Å². The Kier molecular flexibility index (Phi) is 2.72. The molecule has 0 aromatic carbocycles. The zero-order valence-corrected chi connectivity index (χ0v) is 12.2. The molecule has 3 nitrogen and oxygen atoms in total. The maximum Gasteiger partial charge on any atom is 0.141 e. The smallest absolute Gasteiger partial charge is 0.141 e. The third-order valence-electron chi connectivity index (χ3n) is 4.47. The summed E-state index contributed by atoms with van der Waals surface area (Å²) in [6, 6.07) is 0. The quantitative estimate of drug-likeness (QED) is 0.797. The summed E-state index contributed by atoms with van der Waals surface area (Å²) in [6.45, 7) is 4.68. The molecule has 1 aliphatic heterocycles. The molecule has 0 radical (unpaired) electrons. The lowest BCUT2D eigenvalue weighted by atomic mass is 9.88. The number of thiophene rings is 1. The Hall–Kier alpha value is -1.16. The van der Waals surface area contributed by atoms with Gasteiger partial charge in [0.2, 0.25) is 0 Å². The Morgan fingerprint density at radius 3 is 2.95 bits per heavy atom. The number of hydrogen-bond acceptors (Lipinski definition) is 4. The average molecular weight is 273 g/mol. The summed E-state index contributed by atoms with van der Waals surface area (Å²) in [4.78, 5) is 14.4. The first-order valence-electron chi connectivity index (χ1n) is 7.33. The van der Waals surface area contributed by atoms with Crippen molar-refractivity contribution < 1.29 is 0 Å². The van der Waals surface area contributed by atoms with E-state index in [1.165, 1.54) is 48.1 Å². The predicted octanol–water partition coefficient (Wildman–Crippen LogP) is 3.42. The third-order valence-corrected chi connectivity index (χ3v) is 5.67. The summed E-state index contributed by atoms with van der Waals surface area (Å²) in [5.41, 5.74) is 1.56. The molecule has 2 aromatic rings. The summed E-state index contributed by atoms with van der Waals surface area (Å²) in [7, 11) is 0. The maximum atomic E-state index is 4.62. The van der Waals surface area contributed by atoms with Gasteiger partial charge in [0.25, 0.3) is 0 Å². The van der Waals surface area contributed by atoms with Crippen LogP contribution in [0, 0.1) is 5.92 Å². The lowest BCUT2D eigenvalue weighted by molar-refractivity contribution is 0.508. The molecule has 4 heteroatoms. The molecule has 4 rings (SSSR count). The second-order valence-electron chi connectivity index (χ2n) is 5.92. The molecule has 1 aliphatic carbocycles. The molecule has 0 N–H and O–H groups in total. The Bertz CT molecular complexity index is 613. The van der Waals surface area contributed by atoms with Crippen LogP contribution in [0.5, 0.6) is 0 Å². The number of nitrogens with zero attached hydrogens (tertiary/aromatic N) is 3. The summed E-state index contributed by atoms with van der Waals surface area (Å²) in [5, 5.41) is 1.37. The fourth-order valence-electron chi connectivity index (χ4n) is 3.43.